The van der Waals surface area contributed by atoms with Gasteiger partial charge in [0, 0.05) is 34.8 Å². The van der Waals surface area contributed by atoms with Crippen LogP contribution in [0.15, 0.2) is 54.7 Å². The molecule has 8 nitrogen and oxygen atoms in total. The van der Waals surface area contributed by atoms with Gasteiger partial charge in [0.2, 0.25) is 5.91 Å². The summed E-state index contributed by atoms with van der Waals surface area (Å²) in [6, 6.07) is 13.6. The number of urea groups is 1. The largest absolute Gasteiger partial charge is 0.496 e. The molecule has 2 aromatic carbocycles. The minimum atomic E-state index is -0.717. The number of amides is 4. The van der Waals surface area contributed by atoms with Crippen LogP contribution in [-0.2, 0) is 16.1 Å². The van der Waals surface area contributed by atoms with E-state index in [1.165, 1.54) is 0 Å². The minimum absolute atomic E-state index is 0.115. The van der Waals surface area contributed by atoms with Crippen molar-refractivity contribution in [3.8, 4) is 5.75 Å². The third kappa shape index (κ3) is 3.98. The van der Waals surface area contributed by atoms with Crippen molar-refractivity contribution in [1.29, 1.82) is 0 Å². The summed E-state index contributed by atoms with van der Waals surface area (Å²) in [5, 5.41) is 6.50. The van der Waals surface area contributed by atoms with E-state index in [0.717, 1.165) is 21.4 Å². The first kappa shape index (κ1) is 19.5. The molecule has 30 heavy (non-hydrogen) atoms. The summed E-state index contributed by atoms with van der Waals surface area (Å²) >= 11 is 0. The van der Waals surface area contributed by atoms with Crippen LogP contribution >= 0.6 is 0 Å². The number of imide groups is 1. The molecule has 0 saturated carbocycles. The molecule has 4 amide bonds. The predicted octanol–water partition coefficient (Wildman–Crippen LogP) is 3.02. The number of rotatable bonds is 7. The molecule has 0 radical (unpaired) electrons. The maximum atomic E-state index is 12.7. The zero-order valence-corrected chi connectivity index (χ0v) is 16.5. The van der Waals surface area contributed by atoms with Gasteiger partial charge in [0.05, 0.1) is 13.7 Å². The number of nitrogens with one attached hydrogen (secondary N) is 3. The van der Waals surface area contributed by atoms with Gasteiger partial charge in [-0.3, -0.25) is 14.5 Å². The fourth-order valence-corrected chi connectivity index (χ4v) is 3.56. The van der Waals surface area contributed by atoms with Crippen LogP contribution in [0, 0.1) is 0 Å². The molecule has 1 atom stereocenters. The lowest BCUT2D eigenvalue weighted by Gasteiger charge is -2.15. The Morgan fingerprint density at radius 2 is 2.00 bits per heavy atom. The van der Waals surface area contributed by atoms with E-state index in [1.54, 1.807) is 13.2 Å². The fourth-order valence-electron chi connectivity index (χ4n) is 3.56. The Morgan fingerprint density at radius 3 is 2.83 bits per heavy atom. The highest BCUT2D eigenvalue weighted by Crippen LogP contribution is 2.22. The molecular formula is C22H22N4O4. The topological polar surface area (TPSA) is 104 Å². The summed E-state index contributed by atoms with van der Waals surface area (Å²) in [7, 11) is 1.54. The number of carbonyl (C=O) groups excluding carboxylic acids is 3. The highest BCUT2D eigenvalue weighted by Gasteiger charge is 2.38. The van der Waals surface area contributed by atoms with E-state index in [4.69, 9.17) is 4.74 Å². The number of para-hydroxylation sites is 1. The molecule has 8 heteroatoms. The number of H-pyrrole nitrogens is 1. The highest BCUT2D eigenvalue weighted by molar-refractivity contribution is 6.04. The van der Waals surface area contributed by atoms with Gasteiger partial charge in [0.25, 0.3) is 5.91 Å². The van der Waals surface area contributed by atoms with E-state index in [1.807, 2.05) is 48.7 Å². The smallest absolute Gasteiger partial charge is 0.325 e. The van der Waals surface area contributed by atoms with Crippen molar-refractivity contribution in [2.24, 2.45) is 0 Å². The van der Waals surface area contributed by atoms with Crippen LogP contribution in [0.2, 0.25) is 0 Å². The van der Waals surface area contributed by atoms with E-state index in [9.17, 15) is 14.4 Å². The Bertz CT molecular complexity index is 1110. The van der Waals surface area contributed by atoms with Crippen LogP contribution in [0.25, 0.3) is 10.9 Å². The number of hydrogen-bond acceptors (Lipinski definition) is 4. The fraction of sp³-hybridized carbons (Fsp3) is 0.227. The lowest BCUT2D eigenvalue weighted by atomic mass is 10.1. The van der Waals surface area contributed by atoms with Crippen molar-refractivity contribution in [3.63, 3.8) is 0 Å². The average molecular weight is 406 g/mol. The molecule has 3 aromatic rings. The van der Waals surface area contributed by atoms with Crippen molar-refractivity contribution in [2.45, 2.75) is 25.4 Å². The Morgan fingerprint density at radius 1 is 1.17 bits per heavy atom. The van der Waals surface area contributed by atoms with Crippen LogP contribution < -0.4 is 15.4 Å². The Hall–Kier alpha value is -3.81. The first-order chi connectivity index (χ1) is 14.5. The lowest BCUT2D eigenvalue weighted by Crippen LogP contribution is -2.31. The maximum Gasteiger partial charge on any atom is 0.325 e. The van der Waals surface area contributed by atoms with E-state index in [2.05, 4.69) is 15.6 Å². The van der Waals surface area contributed by atoms with Crippen molar-refractivity contribution in [2.75, 3.05) is 12.4 Å². The first-order valence-corrected chi connectivity index (χ1v) is 9.66. The molecule has 154 valence electrons. The number of aromatic amines is 1. The molecule has 0 aliphatic carbocycles. The maximum absolute atomic E-state index is 12.7. The van der Waals surface area contributed by atoms with Crippen LogP contribution in [0.3, 0.4) is 0 Å². The van der Waals surface area contributed by atoms with Crippen molar-refractivity contribution in [3.05, 3.63) is 60.3 Å². The normalized spacial score (nSPS) is 16.0. The molecule has 0 bridgehead atoms. The van der Waals surface area contributed by atoms with Gasteiger partial charge in [0.1, 0.15) is 11.8 Å². The number of benzene rings is 2. The zero-order valence-electron chi connectivity index (χ0n) is 16.5. The second-order valence-corrected chi connectivity index (χ2v) is 7.10. The van der Waals surface area contributed by atoms with E-state index >= 15 is 0 Å². The Balaban J connectivity index is 1.34. The van der Waals surface area contributed by atoms with Gasteiger partial charge in [0.15, 0.2) is 0 Å². The van der Waals surface area contributed by atoms with Crippen LogP contribution in [0.4, 0.5) is 10.5 Å². The minimum Gasteiger partial charge on any atom is -0.496 e. The number of carbonyl (C=O) groups is 3. The van der Waals surface area contributed by atoms with Crippen molar-refractivity contribution in [1.82, 2.24) is 15.2 Å². The summed E-state index contributed by atoms with van der Waals surface area (Å²) in [5.74, 6) is 0.0582. The van der Waals surface area contributed by atoms with Gasteiger partial charge in [-0.15, -0.1) is 0 Å². The van der Waals surface area contributed by atoms with Gasteiger partial charge in [-0.25, -0.2) is 4.79 Å². The number of nitrogens with zero attached hydrogens (tertiary/aromatic N) is 1. The third-order valence-corrected chi connectivity index (χ3v) is 5.13. The van der Waals surface area contributed by atoms with E-state index in [-0.39, 0.29) is 31.2 Å². The van der Waals surface area contributed by atoms with Crippen molar-refractivity contribution >= 4 is 34.4 Å². The first-order valence-electron chi connectivity index (χ1n) is 9.66. The van der Waals surface area contributed by atoms with Crippen molar-refractivity contribution < 1.29 is 19.1 Å². The SMILES string of the molecule is COc1ccccc1CN1C(=O)N[C@H](CCC(=O)Nc2ccc3[nH]ccc3c2)C1=O. The second kappa shape index (κ2) is 8.28. The Labute approximate surface area is 173 Å². The number of fused-ring (bicyclic) bond motifs is 1. The molecule has 1 aliphatic heterocycles. The van der Waals surface area contributed by atoms with E-state index in [0.29, 0.717) is 11.4 Å². The molecule has 1 aliphatic rings. The molecule has 0 spiro atoms. The molecule has 1 fully saturated rings. The van der Waals surface area contributed by atoms with Crippen LogP contribution in [-0.4, -0.2) is 40.9 Å². The second-order valence-electron chi connectivity index (χ2n) is 7.10. The predicted molar refractivity (Wildman–Crippen MR) is 112 cm³/mol. The van der Waals surface area contributed by atoms with Crippen LogP contribution in [0.5, 0.6) is 5.75 Å². The molecule has 3 N–H and O–H groups in total. The molecule has 1 saturated heterocycles. The molecule has 2 heterocycles. The molecule has 1 aromatic heterocycles. The quantitative estimate of drug-likeness (QED) is 0.525. The number of anilines is 1. The number of hydrogen-bond donors (Lipinski definition) is 3. The number of ether oxygens (including phenoxy) is 1. The molecule has 4 rings (SSSR count). The summed E-state index contributed by atoms with van der Waals surface area (Å²) < 4.78 is 5.29. The number of methoxy groups -OCH3 is 1. The van der Waals surface area contributed by atoms with Crippen LogP contribution in [0.1, 0.15) is 18.4 Å². The van der Waals surface area contributed by atoms with Gasteiger partial charge in [-0.05, 0) is 36.8 Å². The molecular weight excluding hydrogens is 384 g/mol. The third-order valence-electron chi connectivity index (χ3n) is 5.13. The van der Waals surface area contributed by atoms with Gasteiger partial charge in [-0.1, -0.05) is 18.2 Å². The summed E-state index contributed by atoms with van der Waals surface area (Å²) in [5.41, 5.74) is 2.41. The molecule has 0 unspecified atom stereocenters. The van der Waals surface area contributed by atoms with Gasteiger partial charge in [-0.2, -0.15) is 0 Å². The summed E-state index contributed by atoms with van der Waals surface area (Å²) in [6.45, 7) is 0.119. The van der Waals surface area contributed by atoms with E-state index < -0.39 is 12.1 Å². The highest BCUT2D eigenvalue weighted by atomic mass is 16.5. The number of aromatic nitrogens is 1. The lowest BCUT2D eigenvalue weighted by molar-refractivity contribution is -0.128. The zero-order chi connectivity index (χ0) is 21.1. The average Bonchev–Trinajstić information content (AvgIpc) is 3.32. The van der Waals surface area contributed by atoms with Gasteiger partial charge < -0.3 is 20.4 Å². The standard InChI is InChI=1S/C22H22N4O4/c1-30-19-5-3-2-4-15(19)13-26-21(28)18(25-22(26)29)8-9-20(27)24-16-6-7-17-14(12-16)10-11-23-17/h2-7,10-12,18,23H,8-9,13H2,1H3,(H,24,27)(H,25,29)/t18-/m1/s1. The van der Waals surface area contributed by atoms with Gasteiger partial charge >= 0.3 is 6.03 Å². The Kier molecular flexibility index (Phi) is 5.38. The monoisotopic (exact) mass is 406 g/mol. The summed E-state index contributed by atoms with van der Waals surface area (Å²) in [6.07, 6.45) is 2.18. The summed E-state index contributed by atoms with van der Waals surface area (Å²) in [4.78, 5) is 41.5.